The molecule has 5 heteroatoms. The van der Waals surface area contributed by atoms with E-state index in [1.54, 1.807) is 6.07 Å². The molecule has 0 saturated carbocycles. The summed E-state index contributed by atoms with van der Waals surface area (Å²) < 4.78 is 0. The number of anilines is 2. The Bertz CT molecular complexity index is 481. The van der Waals surface area contributed by atoms with Gasteiger partial charge in [-0.1, -0.05) is 30.3 Å². The molecule has 4 nitrogen and oxygen atoms in total. The number of halogens is 1. The van der Waals surface area contributed by atoms with Crippen molar-refractivity contribution in [3.8, 4) is 0 Å². The van der Waals surface area contributed by atoms with Gasteiger partial charge >= 0.3 is 0 Å². The highest BCUT2D eigenvalue weighted by molar-refractivity contribution is 5.85. The van der Waals surface area contributed by atoms with Crippen molar-refractivity contribution >= 4 is 24.2 Å². The van der Waals surface area contributed by atoms with Crippen LogP contribution >= 0.6 is 12.4 Å². The second kappa shape index (κ2) is 6.21. The molecular weight excluding hydrogens is 248 g/mol. The Balaban J connectivity index is 0.00000162. The van der Waals surface area contributed by atoms with Crippen molar-refractivity contribution < 1.29 is 0 Å². The second-order valence-corrected chi connectivity index (χ2v) is 4.03. The normalized spacial score (nSPS) is 11.4. The molecule has 0 aliphatic carbocycles. The average molecular weight is 265 g/mol. The van der Waals surface area contributed by atoms with Crippen LogP contribution in [0, 0.1) is 6.92 Å². The minimum atomic E-state index is 0. The fourth-order valence-electron chi connectivity index (χ4n) is 1.68. The van der Waals surface area contributed by atoms with E-state index in [0.717, 1.165) is 5.69 Å². The number of hydrogen-bond acceptors (Lipinski definition) is 4. The van der Waals surface area contributed by atoms with E-state index in [1.165, 1.54) is 5.56 Å². The van der Waals surface area contributed by atoms with Gasteiger partial charge in [-0.05, 0) is 19.4 Å². The van der Waals surface area contributed by atoms with Crippen LogP contribution in [0.2, 0.25) is 0 Å². The molecule has 1 unspecified atom stereocenters. The van der Waals surface area contributed by atoms with Crippen LogP contribution in [-0.2, 0) is 0 Å². The smallest absolute Gasteiger partial charge is 0.225 e. The number of aromatic nitrogens is 2. The van der Waals surface area contributed by atoms with Crippen LogP contribution in [0.25, 0.3) is 0 Å². The number of nitrogen functional groups attached to an aromatic ring is 1. The molecule has 2 aromatic rings. The summed E-state index contributed by atoms with van der Waals surface area (Å²) in [7, 11) is 0. The van der Waals surface area contributed by atoms with E-state index in [1.807, 2.05) is 25.1 Å². The van der Waals surface area contributed by atoms with Gasteiger partial charge in [0, 0.05) is 11.8 Å². The first kappa shape index (κ1) is 14.3. The van der Waals surface area contributed by atoms with Gasteiger partial charge in [0.05, 0.1) is 6.04 Å². The largest absolute Gasteiger partial charge is 0.384 e. The number of nitrogens with zero attached hydrogens (tertiary/aromatic N) is 2. The predicted molar refractivity (Wildman–Crippen MR) is 76.9 cm³/mol. The van der Waals surface area contributed by atoms with Crippen LogP contribution in [0.4, 0.5) is 11.8 Å². The van der Waals surface area contributed by atoms with E-state index in [4.69, 9.17) is 5.73 Å². The van der Waals surface area contributed by atoms with Crippen molar-refractivity contribution in [3.63, 3.8) is 0 Å². The highest BCUT2D eigenvalue weighted by Crippen LogP contribution is 2.17. The van der Waals surface area contributed by atoms with Gasteiger partial charge in [0.25, 0.3) is 0 Å². The fourth-order valence-corrected chi connectivity index (χ4v) is 1.68. The first-order valence-electron chi connectivity index (χ1n) is 5.58. The zero-order valence-corrected chi connectivity index (χ0v) is 11.2. The minimum absolute atomic E-state index is 0. The van der Waals surface area contributed by atoms with Gasteiger partial charge in [-0.2, -0.15) is 4.98 Å². The number of benzene rings is 1. The Kier molecular flexibility index (Phi) is 4.92. The minimum Gasteiger partial charge on any atom is -0.384 e. The molecule has 2 rings (SSSR count). The van der Waals surface area contributed by atoms with E-state index in [2.05, 4.69) is 34.3 Å². The van der Waals surface area contributed by atoms with Crippen molar-refractivity contribution in [2.24, 2.45) is 0 Å². The van der Waals surface area contributed by atoms with Gasteiger partial charge in [0.15, 0.2) is 0 Å². The molecule has 0 bridgehead atoms. The molecule has 0 aliphatic rings. The lowest BCUT2D eigenvalue weighted by molar-refractivity contribution is 0.858. The number of nitrogens with one attached hydrogen (secondary N) is 1. The number of rotatable bonds is 3. The molecule has 0 amide bonds. The predicted octanol–water partition coefficient (Wildman–Crippen LogP) is 2.96. The zero-order valence-electron chi connectivity index (χ0n) is 10.4. The summed E-state index contributed by atoms with van der Waals surface area (Å²) >= 11 is 0. The van der Waals surface area contributed by atoms with Crippen LogP contribution < -0.4 is 11.1 Å². The molecule has 1 heterocycles. The molecule has 0 fully saturated rings. The molecule has 96 valence electrons. The fraction of sp³-hybridized carbons (Fsp3) is 0.231. The summed E-state index contributed by atoms with van der Waals surface area (Å²) in [6.07, 6.45) is 0. The van der Waals surface area contributed by atoms with Gasteiger partial charge in [-0.3, -0.25) is 0 Å². The Hall–Kier alpha value is -1.81. The molecule has 1 atom stereocenters. The monoisotopic (exact) mass is 264 g/mol. The van der Waals surface area contributed by atoms with Gasteiger partial charge in [0.2, 0.25) is 5.95 Å². The molecule has 1 aromatic heterocycles. The Morgan fingerprint density at radius 1 is 1.17 bits per heavy atom. The number of nitrogens with two attached hydrogens (primary N) is 1. The van der Waals surface area contributed by atoms with Crippen LogP contribution in [0.1, 0.15) is 24.2 Å². The first-order valence-corrected chi connectivity index (χ1v) is 5.58. The average Bonchev–Trinajstić information content (AvgIpc) is 2.28. The maximum atomic E-state index is 5.68. The van der Waals surface area contributed by atoms with E-state index in [-0.39, 0.29) is 18.4 Å². The maximum absolute atomic E-state index is 5.68. The lowest BCUT2D eigenvalue weighted by Crippen LogP contribution is -2.10. The quantitative estimate of drug-likeness (QED) is 0.895. The SMILES string of the molecule is Cc1cc(N)nc(NC(C)c2ccccc2)n1.Cl. The summed E-state index contributed by atoms with van der Waals surface area (Å²) in [4.78, 5) is 8.45. The lowest BCUT2D eigenvalue weighted by Gasteiger charge is -2.14. The molecule has 0 spiro atoms. The molecule has 0 radical (unpaired) electrons. The summed E-state index contributed by atoms with van der Waals surface area (Å²) in [5.41, 5.74) is 7.73. The molecule has 3 N–H and O–H groups in total. The topological polar surface area (TPSA) is 63.8 Å². The highest BCUT2D eigenvalue weighted by atomic mass is 35.5. The Morgan fingerprint density at radius 3 is 2.44 bits per heavy atom. The van der Waals surface area contributed by atoms with Crippen LogP contribution in [0.5, 0.6) is 0 Å². The highest BCUT2D eigenvalue weighted by Gasteiger charge is 2.07. The third kappa shape index (κ3) is 3.60. The second-order valence-electron chi connectivity index (χ2n) is 4.03. The molecule has 1 aromatic carbocycles. The van der Waals surface area contributed by atoms with Crippen LogP contribution in [-0.4, -0.2) is 9.97 Å². The summed E-state index contributed by atoms with van der Waals surface area (Å²) in [6, 6.07) is 12.1. The third-order valence-corrected chi connectivity index (χ3v) is 2.52. The molecule has 0 aliphatic heterocycles. The van der Waals surface area contributed by atoms with Crippen LogP contribution in [0.3, 0.4) is 0 Å². The van der Waals surface area contributed by atoms with E-state index >= 15 is 0 Å². The molecule has 0 saturated heterocycles. The van der Waals surface area contributed by atoms with Crippen molar-refractivity contribution in [1.29, 1.82) is 0 Å². The van der Waals surface area contributed by atoms with Crippen molar-refractivity contribution in [1.82, 2.24) is 9.97 Å². The van der Waals surface area contributed by atoms with Crippen molar-refractivity contribution in [2.75, 3.05) is 11.1 Å². The van der Waals surface area contributed by atoms with E-state index in [9.17, 15) is 0 Å². The van der Waals surface area contributed by atoms with Gasteiger partial charge in [-0.25, -0.2) is 4.98 Å². The maximum Gasteiger partial charge on any atom is 0.225 e. The first-order chi connectivity index (χ1) is 8.15. The van der Waals surface area contributed by atoms with Crippen LogP contribution in [0.15, 0.2) is 36.4 Å². The van der Waals surface area contributed by atoms with E-state index < -0.39 is 0 Å². The summed E-state index contributed by atoms with van der Waals surface area (Å²) in [6.45, 7) is 3.97. The van der Waals surface area contributed by atoms with Gasteiger partial charge < -0.3 is 11.1 Å². The third-order valence-electron chi connectivity index (χ3n) is 2.52. The number of aryl methyl sites for hydroxylation is 1. The van der Waals surface area contributed by atoms with Crippen molar-refractivity contribution in [3.05, 3.63) is 47.7 Å². The molecule has 18 heavy (non-hydrogen) atoms. The zero-order chi connectivity index (χ0) is 12.3. The Labute approximate surface area is 113 Å². The Morgan fingerprint density at radius 2 is 1.83 bits per heavy atom. The molecular formula is C13H17ClN4. The summed E-state index contributed by atoms with van der Waals surface area (Å²) in [5, 5.41) is 3.24. The van der Waals surface area contributed by atoms with E-state index in [0.29, 0.717) is 11.8 Å². The summed E-state index contributed by atoms with van der Waals surface area (Å²) in [5.74, 6) is 1.05. The van der Waals surface area contributed by atoms with Gasteiger partial charge in [0.1, 0.15) is 5.82 Å². The van der Waals surface area contributed by atoms with Gasteiger partial charge in [-0.15, -0.1) is 12.4 Å². The lowest BCUT2D eigenvalue weighted by atomic mass is 10.1. The number of hydrogen-bond donors (Lipinski definition) is 2. The van der Waals surface area contributed by atoms with Crippen molar-refractivity contribution in [2.45, 2.75) is 19.9 Å². The standard InChI is InChI=1S/C13H16N4.ClH/c1-9-8-12(14)17-13(15-9)16-10(2)11-6-4-3-5-7-11;/h3-8,10H,1-2H3,(H3,14,15,16,17);1H.